The van der Waals surface area contributed by atoms with Crippen molar-refractivity contribution in [3.05, 3.63) is 29.8 Å². The van der Waals surface area contributed by atoms with Crippen molar-refractivity contribution in [3.63, 3.8) is 0 Å². The smallest absolute Gasteiger partial charge is 0.183 e. The third kappa shape index (κ3) is 2.93. The van der Waals surface area contributed by atoms with Gasteiger partial charge in [-0.15, -0.1) is 0 Å². The largest absolute Gasteiger partial charge is 0.330 e. The normalized spacial score (nSPS) is 13.0. The molecule has 0 bridgehead atoms. The van der Waals surface area contributed by atoms with Crippen molar-refractivity contribution < 1.29 is 8.42 Å². The number of benzene rings is 1. The van der Waals surface area contributed by atoms with Crippen LogP contribution < -0.4 is 5.73 Å². The summed E-state index contributed by atoms with van der Waals surface area (Å²) in [6, 6.07) is 7.16. The molecule has 0 aliphatic carbocycles. The summed E-state index contributed by atoms with van der Waals surface area (Å²) >= 11 is 0. The van der Waals surface area contributed by atoms with Gasteiger partial charge in [0, 0.05) is 0 Å². The van der Waals surface area contributed by atoms with Crippen molar-refractivity contribution in [2.24, 2.45) is 5.73 Å². The number of hydrogen-bond donors (Lipinski definition) is 1. The SMILES string of the molecule is CC(C)c1ccc(S(=O)(=O)C(C)(C)CCN)cc1. The van der Waals surface area contributed by atoms with Crippen molar-refractivity contribution in [2.75, 3.05) is 6.54 Å². The van der Waals surface area contributed by atoms with Crippen LogP contribution in [0.5, 0.6) is 0 Å². The van der Waals surface area contributed by atoms with Crippen LogP contribution in [0, 0.1) is 0 Å². The van der Waals surface area contributed by atoms with Crippen LogP contribution in [0.4, 0.5) is 0 Å². The lowest BCUT2D eigenvalue weighted by Crippen LogP contribution is -2.34. The van der Waals surface area contributed by atoms with E-state index < -0.39 is 14.6 Å². The number of rotatable bonds is 5. The molecule has 0 radical (unpaired) electrons. The minimum Gasteiger partial charge on any atom is -0.330 e. The van der Waals surface area contributed by atoms with Gasteiger partial charge < -0.3 is 5.73 Å². The van der Waals surface area contributed by atoms with E-state index in [-0.39, 0.29) is 0 Å². The molecule has 1 rings (SSSR count). The Morgan fingerprint density at radius 1 is 1.17 bits per heavy atom. The molecule has 0 saturated heterocycles. The van der Waals surface area contributed by atoms with Gasteiger partial charge in [0.15, 0.2) is 9.84 Å². The maximum Gasteiger partial charge on any atom is 0.183 e. The zero-order valence-corrected chi connectivity index (χ0v) is 12.4. The second kappa shape index (κ2) is 5.41. The van der Waals surface area contributed by atoms with Crippen LogP contribution in [0.3, 0.4) is 0 Å². The van der Waals surface area contributed by atoms with E-state index in [1.54, 1.807) is 26.0 Å². The Hall–Kier alpha value is -0.870. The molecule has 3 nitrogen and oxygen atoms in total. The lowest BCUT2D eigenvalue weighted by Gasteiger charge is -2.24. The Morgan fingerprint density at radius 2 is 1.67 bits per heavy atom. The minimum absolute atomic E-state index is 0.371. The van der Waals surface area contributed by atoms with Crippen LogP contribution in [-0.4, -0.2) is 19.7 Å². The molecule has 0 atom stereocenters. The fourth-order valence-electron chi connectivity index (χ4n) is 1.83. The van der Waals surface area contributed by atoms with Gasteiger partial charge in [-0.25, -0.2) is 8.42 Å². The quantitative estimate of drug-likeness (QED) is 0.894. The third-order valence-corrected chi connectivity index (χ3v) is 5.88. The zero-order valence-electron chi connectivity index (χ0n) is 11.6. The average Bonchev–Trinajstić information content (AvgIpc) is 2.28. The van der Waals surface area contributed by atoms with Gasteiger partial charge in [0.25, 0.3) is 0 Å². The Kier molecular flexibility index (Phi) is 4.56. The fraction of sp³-hybridized carbons (Fsp3) is 0.571. The van der Waals surface area contributed by atoms with E-state index in [0.29, 0.717) is 23.8 Å². The van der Waals surface area contributed by atoms with Gasteiger partial charge in [-0.05, 0) is 50.4 Å². The molecule has 102 valence electrons. The first-order chi connectivity index (χ1) is 8.22. The summed E-state index contributed by atoms with van der Waals surface area (Å²) in [5.74, 6) is 0.402. The van der Waals surface area contributed by atoms with E-state index in [1.807, 2.05) is 12.1 Å². The van der Waals surface area contributed by atoms with Crippen molar-refractivity contribution in [2.45, 2.75) is 49.7 Å². The minimum atomic E-state index is -3.32. The summed E-state index contributed by atoms with van der Waals surface area (Å²) in [5.41, 5.74) is 6.63. The summed E-state index contributed by atoms with van der Waals surface area (Å²) in [6.45, 7) is 8.00. The summed E-state index contributed by atoms with van der Waals surface area (Å²) in [4.78, 5) is 0.380. The second-order valence-electron chi connectivity index (χ2n) is 5.53. The first-order valence-electron chi connectivity index (χ1n) is 6.27. The molecule has 1 aromatic rings. The third-order valence-electron chi connectivity index (χ3n) is 3.33. The highest BCUT2D eigenvalue weighted by Crippen LogP contribution is 2.28. The van der Waals surface area contributed by atoms with Crippen LogP contribution in [0.25, 0.3) is 0 Å². The van der Waals surface area contributed by atoms with E-state index in [0.717, 1.165) is 5.56 Å². The topological polar surface area (TPSA) is 60.2 Å². The van der Waals surface area contributed by atoms with Gasteiger partial charge in [0.1, 0.15) is 0 Å². The van der Waals surface area contributed by atoms with Gasteiger partial charge >= 0.3 is 0 Å². The summed E-state index contributed by atoms with van der Waals surface area (Å²) in [6.07, 6.45) is 0.460. The maximum absolute atomic E-state index is 12.5. The molecule has 2 N–H and O–H groups in total. The molecule has 0 aliphatic rings. The molecule has 0 spiro atoms. The van der Waals surface area contributed by atoms with E-state index in [2.05, 4.69) is 13.8 Å². The Balaban J connectivity index is 3.13. The number of hydrogen-bond acceptors (Lipinski definition) is 3. The molecular weight excluding hydrogens is 246 g/mol. The highest BCUT2D eigenvalue weighted by molar-refractivity contribution is 7.92. The zero-order chi connectivity index (χ0) is 14.0. The van der Waals surface area contributed by atoms with Crippen LogP contribution in [0.1, 0.15) is 45.6 Å². The molecular formula is C14H23NO2S. The lowest BCUT2D eigenvalue weighted by molar-refractivity contribution is 0.530. The van der Waals surface area contributed by atoms with Crippen molar-refractivity contribution in [1.29, 1.82) is 0 Å². The monoisotopic (exact) mass is 269 g/mol. The van der Waals surface area contributed by atoms with Crippen molar-refractivity contribution in [1.82, 2.24) is 0 Å². The standard InChI is InChI=1S/C14H23NO2S/c1-11(2)12-5-7-13(8-6-12)18(16,17)14(3,4)9-10-15/h5-8,11H,9-10,15H2,1-4H3. The van der Waals surface area contributed by atoms with Crippen LogP contribution in [0.15, 0.2) is 29.2 Å². The van der Waals surface area contributed by atoms with Crippen LogP contribution in [-0.2, 0) is 9.84 Å². The van der Waals surface area contributed by atoms with Crippen molar-refractivity contribution in [3.8, 4) is 0 Å². The molecule has 4 heteroatoms. The Bertz CT molecular complexity index is 487. The van der Waals surface area contributed by atoms with Gasteiger partial charge in [0.2, 0.25) is 0 Å². The molecule has 0 unspecified atom stereocenters. The molecule has 0 aromatic heterocycles. The molecule has 18 heavy (non-hydrogen) atoms. The van der Waals surface area contributed by atoms with Gasteiger partial charge in [-0.3, -0.25) is 0 Å². The van der Waals surface area contributed by atoms with Gasteiger partial charge in [-0.1, -0.05) is 26.0 Å². The van der Waals surface area contributed by atoms with Crippen LogP contribution >= 0.6 is 0 Å². The van der Waals surface area contributed by atoms with Gasteiger partial charge in [0.05, 0.1) is 9.64 Å². The van der Waals surface area contributed by atoms with Gasteiger partial charge in [-0.2, -0.15) is 0 Å². The fourth-order valence-corrected chi connectivity index (χ4v) is 3.35. The van der Waals surface area contributed by atoms with E-state index in [9.17, 15) is 8.42 Å². The molecule has 0 aliphatic heterocycles. The molecule has 0 heterocycles. The summed E-state index contributed by atoms with van der Waals surface area (Å²) in [5, 5.41) is 0. The average molecular weight is 269 g/mol. The summed E-state index contributed by atoms with van der Waals surface area (Å²) in [7, 11) is -3.32. The molecule has 0 fully saturated rings. The van der Waals surface area contributed by atoms with Crippen molar-refractivity contribution >= 4 is 9.84 Å². The lowest BCUT2D eigenvalue weighted by atomic mass is 10.0. The number of sulfone groups is 1. The van der Waals surface area contributed by atoms with E-state index >= 15 is 0 Å². The maximum atomic E-state index is 12.5. The van der Waals surface area contributed by atoms with Crippen LogP contribution in [0.2, 0.25) is 0 Å². The highest BCUT2D eigenvalue weighted by atomic mass is 32.2. The molecule has 0 amide bonds. The Morgan fingerprint density at radius 3 is 2.06 bits per heavy atom. The highest BCUT2D eigenvalue weighted by Gasteiger charge is 2.34. The number of nitrogens with two attached hydrogens (primary N) is 1. The molecule has 1 aromatic carbocycles. The summed E-state index contributed by atoms with van der Waals surface area (Å²) < 4.78 is 24.1. The first-order valence-corrected chi connectivity index (χ1v) is 7.75. The predicted octanol–water partition coefficient (Wildman–Crippen LogP) is 2.71. The molecule has 0 saturated carbocycles. The predicted molar refractivity (Wildman–Crippen MR) is 75.5 cm³/mol. The first kappa shape index (κ1) is 15.2. The van der Waals surface area contributed by atoms with E-state index in [4.69, 9.17) is 5.73 Å². The Labute approximate surface area is 110 Å². The second-order valence-corrected chi connectivity index (χ2v) is 8.11. The van der Waals surface area contributed by atoms with E-state index in [1.165, 1.54) is 0 Å².